The second kappa shape index (κ2) is 7.75. The molecule has 7 heteroatoms. The number of thiophene rings is 1. The van der Waals surface area contributed by atoms with Crippen molar-refractivity contribution in [3.63, 3.8) is 0 Å². The van der Waals surface area contributed by atoms with Gasteiger partial charge in [-0.1, -0.05) is 6.07 Å². The van der Waals surface area contributed by atoms with Gasteiger partial charge in [0.1, 0.15) is 5.75 Å². The number of amides is 2. The molecule has 2 aromatic rings. The van der Waals surface area contributed by atoms with Gasteiger partial charge in [0.2, 0.25) is 0 Å². The second-order valence-electron chi connectivity index (χ2n) is 4.94. The van der Waals surface area contributed by atoms with E-state index in [1.165, 1.54) is 18.4 Å². The van der Waals surface area contributed by atoms with Gasteiger partial charge in [-0.2, -0.15) is 11.3 Å². The lowest BCUT2D eigenvalue weighted by molar-refractivity contribution is -0.136. The van der Waals surface area contributed by atoms with E-state index >= 15 is 0 Å². The summed E-state index contributed by atoms with van der Waals surface area (Å²) in [5.74, 6) is -1.16. The lowest BCUT2D eigenvalue weighted by Gasteiger charge is -2.12. The first-order valence-corrected chi connectivity index (χ1v) is 7.89. The van der Waals surface area contributed by atoms with E-state index in [0.29, 0.717) is 17.0 Å². The zero-order valence-electron chi connectivity index (χ0n) is 12.8. The number of nitrogens with one attached hydrogen (secondary N) is 2. The predicted molar refractivity (Wildman–Crippen MR) is 88.6 cm³/mol. The van der Waals surface area contributed by atoms with E-state index in [9.17, 15) is 14.7 Å². The molecule has 0 aliphatic carbocycles. The van der Waals surface area contributed by atoms with Crippen molar-refractivity contribution in [1.82, 2.24) is 5.32 Å². The van der Waals surface area contributed by atoms with E-state index in [-0.39, 0.29) is 6.54 Å². The Hall–Kier alpha value is -2.38. The number of carbonyl (C=O) groups excluding carboxylic acids is 2. The highest BCUT2D eigenvalue weighted by Crippen LogP contribution is 2.25. The summed E-state index contributed by atoms with van der Waals surface area (Å²) in [5, 5.41) is 18.4. The van der Waals surface area contributed by atoms with E-state index < -0.39 is 17.9 Å². The van der Waals surface area contributed by atoms with Crippen molar-refractivity contribution in [1.29, 1.82) is 0 Å². The van der Waals surface area contributed by atoms with Crippen LogP contribution >= 0.6 is 11.3 Å². The molecular weight excluding hydrogens is 316 g/mol. The number of aliphatic hydroxyl groups excluding tert-OH is 1. The fourth-order valence-electron chi connectivity index (χ4n) is 1.95. The summed E-state index contributed by atoms with van der Waals surface area (Å²) >= 11 is 1.45. The summed E-state index contributed by atoms with van der Waals surface area (Å²) in [4.78, 5) is 23.8. The Kier molecular flexibility index (Phi) is 5.72. The average Bonchev–Trinajstić information content (AvgIpc) is 3.07. The smallest absolute Gasteiger partial charge is 0.313 e. The molecule has 0 fully saturated rings. The topological polar surface area (TPSA) is 87.7 Å². The predicted octanol–water partition coefficient (Wildman–Crippen LogP) is 1.85. The largest absolute Gasteiger partial charge is 0.495 e. The standard InChI is InChI=1S/C16H18N2O4S/c1-10-3-4-14(22-2)12(7-10)18-16(21)15(20)17-8-13(19)11-5-6-23-9-11/h3-7,9,13,19H,8H2,1-2H3,(H,17,20)(H,18,21). The molecule has 1 heterocycles. The van der Waals surface area contributed by atoms with Gasteiger partial charge >= 0.3 is 11.8 Å². The Balaban J connectivity index is 1.93. The SMILES string of the molecule is COc1ccc(C)cc1NC(=O)C(=O)NCC(O)c1ccsc1. The zero-order chi connectivity index (χ0) is 16.8. The summed E-state index contributed by atoms with van der Waals surface area (Å²) in [7, 11) is 1.48. The molecule has 0 aliphatic heterocycles. The van der Waals surface area contributed by atoms with E-state index in [1.54, 1.807) is 23.6 Å². The molecule has 1 aromatic carbocycles. The second-order valence-corrected chi connectivity index (χ2v) is 5.72. The Bertz CT molecular complexity index is 685. The van der Waals surface area contributed by atoms with Crippen LogP contribution in [0.5, 0.6) is 5.75 Å². The highest BCUT2D eigenvalue weighted by atomic mass is 32.1. The normalized spacial score (nSPS) is 11.6. The third-order valence-corrected chi connectivity index (χ3v) is 3.89. The Morgan fingerprint density at radius 2 is 2.09 bits per heavy atom. The Morgan fingerprint density at radius 1 is 1.30 bits per heavy atom. The first kappa shape index (κ1) is 17.0. The zero-order valence-corrected chi connectivity index (χ0v) is 13.6. The Labute approximate surface area is 138 Å². The number of rotatable bonds is 5. The van der Waals surface area contributed by atoms with Gasteiger partial charge < -0.3 is 20.5 Å². The summed E-state index contributed by atoms with van der Waals surface area (Å²) in [6.07, 6.45) is -0.841. The van der Waals surface area contributed by atoms with Gasteiger partial charge in [-0.15, -0.1) is 0 Å². The highest BCUT2D eigenvalue weighted by Gasteiger charge is 2.17. The first-order valence-electron chi connectivity index (χ1n) is 6.95. The molecule has 2 amide bonds. The number of carbonyl (C=O) groups is 2. The number of benzene rings is 1. The summed E-state index contributed by atoms with van der Waals surface area (Å²) in [5.41, 5.74) is 2.05. The van der Waals surface area contributed by atoms with Crippen molar-refractivity contribution in [2.75, 3.05) is 19.0 Å². The van der Waals surface area contributed by atoms with Crippen LogP contribution in [-0.2, 0) is 9.59 Å². The third kappa shape index (κ3) is 4.54. The highest BCUT2D eigenvalue weighted by molar-refractivity contribution is 7.07. The minimum absolute atomic E-state index is 0.0338. The molecule has 1 unspecified atom stereocenters. The number of aryl methyl sites for hydroxylation is 1. The molecule has 6 nitrogen and oxygen atoms in total. The molecule has 1 aromatic heterocycles. The summed E-state index contributed by atoms with van der Waals surface area (Å²) in [6, 6.07) is 7.03. The average molecular weight is 334 g/mol. The van der Waals surface area contributed by atoms with Crippen LogP contribution in [0, 0.1) is 6.92 Å². The van der Waals surface area contributed by atoms with Crippen LogP contribution in [0.15, 0.2) is 35.0 Å². The lowest BCUT2D eigenvalue weighted by atomic mass is 10.2. The quantitative estimate of drug-likeness (QED) is 0.728. The molecule has 0 bridgehead atoms. The van der Waals surface area contributed by atoms with Crippen LogP contribution in [-0.4, -0.2) is 30.6 Å². The maximum atomic E-state index is 11.9. The van der Waals surface area contributed by atoms with Crippen LogP contribution in [0.25, 0.3) is 0 Å². The molecular formula is C16H18N2O4S. The maximum Gasteiger partial charge on any atom is 0.313 e. The van der Waals surface area contributed by atoms with Gasteiger partial charge in [-0.25, -0.2) is 0 Å². The van der Waals surface area contributed by atoms with Gasteiger partial charge in [0, 0.05) is 6.54 Å². The van der Waals surface area contributed by atoms with Gasteiger partial charge in [0.15, 0.2) is 0 Å². The van der Waals surface area contributed by atoms with Gasteiger partial charge in [0.05, 0.1) is 18.9 Å². The van der Waals surface area contributed by atoms with Crippen LogP contribution in [0.2, 0.25) is 0 Å². The molecule has 0 saturated heterocycles. The first-order chi connectivity index (χ1) is 11.0. The fraction of sp³-hybridized carbons (Fsp3) is 0.250. The van der Waals surface area contributed by atoms with Crippen LogP contribution in [0.4, 0.5) is 5.69 Å². The van der Waals surface area contributed by atoms with E-state index in [4.69, 9.17) is 4.74 Å². The van der Waals surface area contributed by atoms with Crippen LogP contribution in [0.1, 0.15) is 17.2 Å². The van der Waals surface area contributed by atoms with E-state index in [2.05, 4.69) is 10.6 Å². The molecule has 2 rings (SSSR count). The van der Waals surface area contributed by atoms with Crippen LogP contribution < -0.4 is 15.4 Å². The molecule has 0 spiro atoms. The summed E-state index contributed by atoms with van der Waals surface area (Å²) < 4.78 is 5.14. The minimum atomic E-state index is -0.841. The molecule has 0 radical (unpaired) electrons. The van der Waals surface area contributed by atoms with Crippen molar-refractivity contribution in [3.8, 4) is 5.75 Å². The molecule has 23 heavy (non-hydrogen) atoms. The monoisotopic (exact) mass is 334 g/mol. The van der Waals surface area contributed by atoms with Crippen molar-refractivity contribution in [2.24, 2.45) is 0 Å². The number of methoxy groups -OCH3 is 1. The number of ether oxygens (including phenoxy) is 1. The molecule has 3 N–H and O–H groups in total. The Morgan fingerprint density at radius 3 is 2.74 bits per heavy atom. The van der Waals surface area contributed by atoms with Gasteiger partial charge in [0.25, 0.3) is 0 Å². The number of hydrogen-bond donors (Lipinski definition) is 3. The van der Waals surface area contributed by atoms with Crippen LogP contribution in [0.3, 0.4) is 0 Å². The van der Waals surface area contributed by atoms with Crippen molar-refractivity contribution in [3.05, 3.63) is 46.2 Å². The number of hydrogen-bond acceptors (Lipinski definition) is 5. The van der Waals surface area contributed by atoms with E-state index in [1.807, 2.05) is 18.4 Å². The lowest BCUT2D eigenvalue weighted by Crippen LogP contribution is -2.37. The van der Waals surface area contributed by atoms with Gasteiger partial charge in [-0.05, 0) is 47.0 Å². The van der Waals surface area contributed by atoms with Crippen molar-refractivity contribution < 1.29 is 19.4 Å². The van der Waals surface area contributed by atoms with E-state index in [0.717, 1.165) is 5.56 Å². The molecule has 122 valence electrons. The van der Waals surface area contributed by atoms with Crippen molar-refractivity contribution >= 4 is 28.8 Å². The third-order valence-electron chi connectivity index (χ3n) is 3.19. The summed E-state index contributed by atoms with van der Waals surface area (Å²) in [6.45, 7) is 1.83. The maximum absolute atomic E-state index is 11.9. The minimum Gasteiger partial charge on any atom is -0.495 e. The number of anilines is 1. The van der Waals surface area contributed by atoms with Crippen molar-refractivity contribution in [2.45, 2.75) is 13.0 Å². The molecule has 0 saturated carbocycles. The number of aliphatic hydroxyl groups is 1. The molecule has 1 atom stereocenters. The van der Waals surface area contributed by atoms with Gasteiger partial charge in [-0.3, -0.25) is 9.59 Å². The fourth-order valence-corrected chi connectivity index (χ4v) is 2.66. The molecule has 0 aliphatic rings.